The molecule has 0 aromatic heterocycles. The highest BCUT2D eigenvalue weighted by Gasteiger charge is 2.33. The van der Waals surface area contributed by atoms with Crippen LogP contribution in [0.4, 0.5) is 5.69 Å². The molecule has 7 nitrogen and oxygen atoms in total. The van der Waals surface area contributed by atoms with E-state index in [-0.39, 0.29) is 29.0 Å². The molecule has 0 aliphatic rings. The van der Waals surface area contributed by atoms with E-state index in [0.29, 0.717) is 32.7 Å². The average molecular weight is 625 g/mol. The van der Waals surface area contributed by atoms with Gasteiger partial charge < -0.3 is 10.2 Å². The maximum absolute atomic E-state index is 14.0. The molecule has 0 saturated heterocycles. The third-order valence-corrected chi connectivity index (χ3v) is 8.85. The van der Waals surface area contributed by atoms with Crippen LogP contribution < -0.4 is 9.62 Å². The minimum atomic E-state index is -4.19. The minimum absolute atomic E-state index is 0.0113. The molecule has 1 atom stereocenters. The summed E-state index contributed by atoms with van der Waals surface area (Å²) in [6, 6.07) is 16.6. The molecule has 40 heavy (non-hydrogen) atoms. The number of nitrogens with one attached hydrogen (secondary N) is 1. The molecule has 0 aliphatic heterocycles. The van der Waals surface area contributed by atoms with Gasteiger partial charge in [-0.3, -0.25) is 13.9 Å². The predicted octanol–water partition coefficient (Wildman–Crippen LogP) is 6.34. The molecule has 214 valence electrons. The van der Waals surface area contributed by atoms with Gasteiger partial charge in [-0.2, -0.15) is 0 Å². The highest BCUT2D eigenvalue weighted by atomic mass is 35.5. The molecule has 3 rings (SSSR count). The summed E-state index contributed by atoms with van der Waals surface area (Å²) in [4.78, 5) is 28.4. The highest BCUT2D eigenvalue weighted by molar-refractivity contribution is 7.92. The molecule has 0 saturated carbocycles. The summed E-state index contributed by atoms with van der Waals surface area (Å²) in [5.41, 5.74) is 1.41. The van der Waals surface area contributed by atoms with Gasteiger partial charge in [-0.1, -0.05) is 79.0 Å². The van der Waals surface area contributed by atoms with Crippen molar-refractivity contribution in [1.29, 1.82) is 0 Å². The zero-order valence-corrected chi connectivity index (χ0v) is 25.8. The second-order valence-corrected chi connectivity index (χ2v) is 13.0. The van der Waals surface area contributed by atoms with Crippen molar-refractivity contribution in [2.24, 2.45) is 5.92 Å². The lowest BCUT2D eigenvalue weighted by Crippen LogP contribution is -2.51. The molecule has 1 N–H and O–H groups in total. The van der Waals surface area contributed by atoms with Gasteiger partial charge in [-0.05, 0) is 67.3 Å². The van der Waals surface area contributed by atoms with Crippen LogP contribution in [0.3, 0.4) is 0 Å². The number of amides is 2. The number of nitrogens with zero attached hydrogens (tertiary/aromatic N) is 2. The van der Waals surface area contributed by atoms with E-state index in [4.69, 9.17) is 34.8 Å². The Morgan fingerprint density at radius 1 is 0.900 bits per heavy atom. The van der Waals surface area contributed by atoms with Crippen LogP contribution in [0.15, 0.2) is 71.6 Å². The van der Waals surface area contributed by atoms with Crippen molar-refractivity contribution < 1.29 is 18.0 Å². The van der Waals surface area contributed by atoms with Crippen LogP contribution in [0.25, 0.3) is 0 Å². The Hall–Kier alpha value is -2.78. The van der Waals surface area contributed by atoms with Gasteiger partial charge in [0.05, 0.1) is 10.6 Å². The van der Waals surface area contributed by atoms with Gasteiger partial charge in [0.1, 0.15) is 12.6 Å². The fourth-order valence-corrected chi connectivity index (χ4v) is 6.08. The van der Waals surface area contributed by atoms with E-state index in [1.807, 2.05) is 13.8 Å². The van der Waals surface area contributed by atoms with E-state index in [2.05, 4.69) is 5.32 Å². The Labute approximate surface area is 251 Å². The molecule has 0 bridgehead atoms. The molecular formula is C29H32Cl3N3O4S. The van der Waals surface area contributed by atoms with Crippen LogP contribution in [-0.2, 0) is 26.2 Å². The van der Waals surface area contributed by atoms with Crippen LogP contribution in [0.5, 0.6) is 0 Å². The summed E-state index contributed by atoms with van der Waals surface area (Å²) < 4.78 is 28.8. The summed E-state index contributed by atoms with van der Waals surface area (Å²) in [6.45, 7) is 7.05. The zero-order chi connectivity index (χ0) is 29.6. The third kappa shape index (κ3) is 7.91. The Morgan fingerprint density at radius 3 is 2.15 bits per heavy atom. The average Bonchev–Trinajstić information content (AvgIpc) is 2.91. The fraction of sp³-hybridized carbons (Fsp3) is 0.310. The first-order valence-corrected chi connectivity index (χ1v) is 15.2. The SMILES string of the molecule is Cc1ccc(Cl)cc1N(CC(=O)N(Cc1ccc(Cl)cc1Cl)[C@H](C)C(=O)NCC(C)C)S(=O)(=O)c1ccccc1. The molecule has 2 amide bonds. The van der Waals surface area contributed by atoms with Crippen molar-refractivity contribution in [3.05, 3.63) is 92.9 Å². The Kier molecular flexibility index (Phi) is 10.9. The van der Waals surface area contributed by atoms with E-state index in [0.717, 1.165) is 4.31 Å². The van der Waals surface area contributed by atoms with Gasteiger partial charge in [-0.15, -0.1) is 0 Å². The number of benzene rings is 3. The quantitative estimate of drug-likeness (QED) is 0.270. The number of anilines is 1. The maximum atomic E-state index is 14.0. The van der Waals surface area contributed by atoms with E-state index < -0.39 is 28.5 Å². The molecule has 3 aromatic carbocycles. The Morgan fingerprint density at radius 2 is 1.52 bits per heavy atom. The van der Waals surface area contributed by atoms with Crippen LogP contribution in [0, 0.1) is 12.8 Å². The molecule has 0 aliphatic carbocycles. The molecule has 0 unspecified atom stereocenters. The molecular weight excluding hydrogens is 593 g/mol. The largest absolute Gasteiger partial charge is 0.354 e. The number of sulfonamides is 1. The summed E-state index contributed by atoms with van der Waals surface area (Å²) in [7, 11) is -4.19. The zero-order valence-electron chi connectivity index (χ0n) is 22.7. The van der Waals surface area contributed by atoms with Gasteiger partial charge in [0.2, 0.25) is 11.8 Å². The van der Waals surface area contributed by atoms with E-state index in [1.165, 1.54) is 23.1 Å². The van der Waals surface area contributed by atoms with Crippen molar-refractivity contribution in [3.8, 4) is 0 Å². The van der Waals surface area contributed by atoms with Crippen LogP contribution >= 0.6 is 34.8 Å². The smallest absolute Gasteiger partial charge is 0.264 e. The number of carbonyl (C=O) groups excluding carboxylic acids is 2. The van der Waals surface area contributed by atoms with Gasteiger partial charge in [-0.25, -0.2) is 8.42 Å². The summed E-state index contributed by atoms with van der Waals surface area (Å²) in [5, 5.41) is 3.90. The van der Waals surface area contributed by atoms with Crippen molar-refractivity contribution in [2.75, 3.05) is 17.4 Å². The van der Waals surface area contributed by atoms with Gasteiger partial charge in [0.15, 0.2) is 0 Å². The third-order valence-electron chi connectivity index (χ3n) is 6.26. The number of aryl methyl sites for hydroxylation is 1. The molecule has 0 heterocycles. The van der Waals surface area contributed by atoms with E-state index in [1.54, 1.807) is 62.4 Å². The van der Waals surface area contributed by atoms with Gasteiger partial charge in [0, 0.05) is 28.2 Å². The first-order valence-electron chi connectivity index (χ1n) is 12.7. The normalized spacial score (nSPS) is 12.2. The summed E-state index contributed by atoms with van der Waals surface area (Å²) in [5.74, 6) is -0.774. The number of rotatable bonds is 11. The lowest BCUT2D eigenvalue weighted by Gasteiger charge is -2.32. The molecule has 0 spiro atoms. The fourth-order valence-electron chi connectivity index (χ4n) is 3.95. The van der Waals surface area contributed by atoms with Crippen molar-refractivity contribution in [3.63, 3.8) is 0 Å². The number of hydrogen-bond acceptors (Lipinski definition) is 4. The lowest BCUT2D eigenvalue weighted by atomic mass is 10.1. The molecule has 0 fully saturated rings. The monoisotopic (exact) mass is 623 g/mol. The number of halogens is 3. The highest BCUT2D eigenvalue weighted by Crippen LogP contribution is 2.30. The van der Waals surface area contributed by atoms with E-state index >= 15 is 0 Å². The molecule has 3 aromatic rings. The maximum Gasteiger partial charge on any atom is 0.264 e. The number of carbonyl (C=O) groups is 2. The molecule has 0 radical (unpaired) electrons. The minimum Gasteiger partial charge on any atom is -0.354 e. The second kappa shape index (κ2) is 13.7. The van der Waals surface area contributed by atoms with Crippen molar-refractivity contribution in [2.45, 2.75) is 45.2 Å². The second-order valence-electron chi connectivity index (χ2n) is 9.83. The topological polar surface area (TPSA) is 86.8 Å². The Balaban J connectivity index is 2.06. The van der Waals surface area contributed by atoms with Crippen LogP contribution in [0.1, 0.15) is 31.9 Å². The standard InChI is InChI=1S/C29H32Cl3N3O4S/c1-19(2)16-33-29(37)21(4)34(17-22-11-13-23(30)14-26(22)32)28(36)18-35(27-15-24(31)12-10-20(27)3)40(38,39)25-8-6-5-7-9-25/h5-15,19,21H,16-18H2,1-4H3,(H,33,37)/t21-/m1/s1. The summed E-state index contributed by atoms with van der Waals surface area (Å²) >= 11 is 18.7. The predicted molar refractivity (Wildman–Crippen MR) is 161 cm³/mol. The van der Waals surface area contributed by atoms with Crippen molar-refractivity contribution in [1.82, 2.24) is 10.2 Å². The van der Waals surface area contributed by atoms with Crippen LogP contribution in [-0.4, -0.2) is 44.3 Å². The first-order chi connectivity index (χ1) is 18.8. The Bertz CT molecular complexity index is 1470. The summed E-state index contributed by atoms with van der Waals surface area (Å²) in [6.07, 6.45) is 0. The van der Waals surface area contributed by atoms with Gasteiger partial charge in [0.25, 0.3) is 10.0 Å². The van der Waals surface area contributed by atoms with Crippen molar-refractivity contribution >= 4 is 62.3 Å². The molecule has 11 heteroatoms. The lowest BCUT2D eigenvalue weighted by molar-refractivity contribution is -0.139. The number of hydrogen-bond donors (Lipinski definition) is 1. The van der Waals surface area contributed by atoms with Gasteiger partial charge >= 0.3 is 0 Å². The van der Waals surface area contributed by atoms with E-state index in [9.17, 15) is 18.0 Å². The first kappa shape index (κ1) is 31.7. The van der Waals surface area contributed by atoms with Crippen LogP contribution in [0.2, 0.25) is 15.1 Å².